The van der Waals surface area contributed by atoms with Crippen LogP contribution in [-0.4, -0.2) is 22.7 Å². The number of amides is 1. The number of carboxylic acid groups (broad SMARTS) is 1. The van der Waals surface area contributed by atoms with Gasteiger partial charge in [0.25, 0.3) is 0 Å². The lowest BCUT2D eigenvalue weighted by Crippen LogP contribution is -2.31. The second kappa shape index (κ2) is 5.02. The van der Waals surface area contributed by atoms with Crippen molar-refractivity contribution >= 4 is 29.3 Å². The molecule has 1 aliphatic rings. The van der Waals surface area contributed by atoms with Crippen LogP contribution in [0.2, 0.25) is 0 Å². The highest BCUT2D eigenvalue weighted by molar-refractivity contribution is 7.99. The maximum Gasteiger partial charge on any atom is 0.319 e. The molecule has 1 amide bonds. The number of thioether (sulfide) groups is 1. The van der Waals surface area contributed by atoms with Gasteiger partial charge in [0, 0.05) is 10.6 Å². The van der Waals surface area contributed by atoms with Gasteiger partial charge in [-0.1, -0.05) is 6.92 Å². The normalized spacial score (nSPS) is 16.1. The van der Waals surface area contributed by atoms with Crippen LogP contribution in [0.1, 0.15) is 19.8 Å². The molecule has 0 radical (unpaired) electrons. The lowest BCUT2D eigenvalue weighted by Gasteiger charge is -2.11. The van der Waals surface area contributed by atoms with Crippen LogP contribution < -0.4 is 5.32 Å². The smallest absolute Gasteiger partial charge is 0.319 e. The van der Waals surface area contributed by atoms with E-state index in [1.54, 1.807) is 23.9 Å². The van der Waals surface area contributed by atoms with Crippen molar-refractivity contribution < 1.29 is 14.7 Å². The number of benzene rings is 1. The molecule has 2 rings (SSSR count). The van der Waals surface area contributed by atoms with Crippen molar-refractivity contribution in [3.8, 4) is 0 Å². The number of hydrogen-bond donors (Lipinski definition) is 2. The van der Waals surface area contributed by atoms with Crippen molar-refractivity contribution in [2.24, 2.45) is 5.41 Å². The van der Waals surface area contributed by atoms with Crippen LogP contribution in [0.15, 0.2) is 29.2 Å². The molecule has 0 saturated heterocycles. The van der Waals surface area contributed by atoms with Crippen molar-refractivity contribution in [1.29, 1.82) is 0 Å². The Morgan fingerprint density at radius 3 is 2.39 bits per heavy atom. The third-order valence-corrected chi connectivity index (χ3v) is 3.91. The van der Waals surface area contributed by atoms with Crippen molar-refractivity contribution in [3.05, 3.63) is 24.3 Å². The zero-order valence-corrected chi connectivity index (χ0v) is 10.9. The second-order valence-electron chi connectivity index (χ2n) is 4.30. The molecule has 0 aliphatic heterocycles. The average molecular weight is 265 g/mol. The minimum Gasteiger partial charge on any atom is -0.480 e. The molecule has 1 aliphatic carbocycles. The fourth-order valence-electron chi connectivity index (χ4n) is 1.71. The number of rotatable bonds is 5. The summed E-state index contributed by atoms with van der Waals surface area (Å²) in [6, 6.07) is 7.44. The topological polar surface area (TPSA) is 66.4 Å². The van der Waals surface area contributed by atoms with E-state index in [1.807, 2.05) is 12.1 Å². The molecule has 1 saturated carbocycles. The molecule has 5 heteroatoms. The lowest BCUT2D eigenvalue weighted by molar-refractivity contribution is -0.147. The Morgan fingerprint density at radius 2 is 1.94 bits per heavy atom. The molecule has 0 atom stereocenters. The molecule has 0 aromatic heterocycles. The van der Waals surface area contributed by atoms with E-state index in [-0.39, 0.29) is 0 Å². The van der Waals surface area contributed by atoms with Gasteiger partial charge in [0.1, 0.15) is 5.41 Å². The third kappa shape index (κ3) is 2.51. The molecule has 0 bridgehead atoms. The highest BCUT2D eigenvalue weighted by atomic mass is 32.2. The first-order valence-corrected chi connectivity index (χ1v) is 6.85. The largest absolute Gasteiger partial charge is 0.480 e. The van der Waals surface area contributed by atoms with E-state index in [0.717, 1.165) is 10.6 Å². The van der Waals surface area contributed by atoms with Crippen molar-refractivity contribution in [2.75, 3.05) is 11.1 Å². The second-order valence-corrected chi connectivity index (χ2v) is 5.64. The molecular weight excluding hydrogens is 250 g/mol. The molecule has 96 valence electrons. The van der Waals surface area contributed by atoms with Crippen LogP contribution in [0, 0.1) is 5.41 Å². The van der Waals surface area contributed by atoms with Gasteiger partial charge in [0.15, 0.2) is 0 Å². The summed E-state index contributed by atoms with van der Waals surface area (Å²) in [4.78, 5) is 24.0. The Balaban J connectivity index is 2.01. The minimum atomic E-state index is -1.18. The van der Waals surface area contributed by atoms with E-state index < -0.39 is 17.3 Å². The Bertz CT molecular complexity index is 466. The molecule has 0 unspecified atom stereocenters. The first kappa shape index (κ1) is 13.0. The number of carbonyl (C=O) groups excluding carboxylic acids is 1. The van der Waals surface area contributed by atoms with Gasteiger partial charge in [-0.25, -0.2) is 0 Å². The number of hydrogen-bond acceptors (Lipinski definition) is 3. The molecule has 4 nitrogen and oxygen atoms in total. The van der Waals surface area contributed by atoms with E-state index >= 15 is 0 Å². The van der Waals surface area contributed by atoms with Crippen molar-refractivity contribution in [1.82, 2.24) is 0 Å². The van der Waals surface area contributed by atoms with Gasteiger partial charge in [0.05, 0.1) is 0 Å². The number of anilines is 1. The summed E-state index contributed by atoms with van der Waals surface area (Å²) in [5.41, 5.74) is -0.537. The maximum atomic E-state index is 11.9. The molecule has 2 N–H and O–H groups in total. The van der Waals surface area contributed by atoms with Gasteiger partial charge in [-0.15, -0.1) is 11.8 Å². The number of nitrogens with one attached hydrogen (secondary N) is 1. The van der Waals surface area contributed by atoms with Crippen LogP contribution >= 0.6 is 11.8 Å². The van der Waals surface area contributed by atoms with Crippen molar-refractivity contribution in [2.45, 2.75) is 24.7 Å². The van der Waals surface area contributed by atoms with Crippen LogP contribution in [0.25, 0.3) is 0 Å². The maximum absolute atomic E-state index is 11.9. The fraction of sp³-hybridized carbons (Fsp3) is 0.385. The summed E-state index contributed by atoms with van der Waals surface area (Å²) in [5, 5.41) is 11.7. The molecule has 1 fully saturated rings. The van der Waals surface area contributed by atoms with E-state index in [1.165, 1.54) is 0 Å². The van der Waals surface area contributed by atoms with Crippen LogP contribution in [-0.2, 0) is 9.59 Å². The zero-order chi connectivity index (χ0) is 13.2. The minimum absolute atomic E-state index is 0.411. The number of carboxylic acids is 1. The van der Waals surface area contributed by atoms with Gasteiger partial charge in [-0.05, 0) is 42.9 Å². The molecule has 1 aromatic carbocycles. The Morgan fingerprint density at radius 1 is 1.33 bits per heavy atom. The van der Waals surface area contributed by atoms with Crippen LogP contribution in [0.5, 0.6) is 0 Å². The Hall–Kier alpha value is -1.49. The van der Waals surface area contributed by atoms with E-state index in [4.69, 9.17) is 5.11 Å². The molecule has 0 heterocycles. The molecule has 0 spiro atoms. The molecule has 18 heavy (non-hydrogen) atoms. The average Bonchev–Trinajstić information content (AvgIpc) is 3.13. The zero-order valence-electron chi connectivity index (χ0n) is 10.1. The van der Waals surface area contributed by atoms with Crippen molar-refractivity contribution in [3.63, 3.8) is 0 Å². The summed E-state index contributed by atoms with van der Waals surface area (Å²) in [7, 11) is 0. The van der Waals surface area contributed by atoms with Gasteiger partial charge >= 0.3 is 5.97 Å². The predicted molar refractivity (Wildman–Crippen MR) is 70.8 cm³/mol. The highest BCUT2D eigenvalue weighted by Crippen LogP contribution is 2.46. The number of carbonyl (C=O) groups is 2. The molecule has 1 aromatic rings. The third-order valence-electron chi connectivity index (χ3n) is 3.02. The van der Waals surface area contributed by atoms with Crippen LogP contribution in [0.3, 0.4) is 0 Å². The lowest BCUT2D eigenvalue weighted by atomic mass is 10.1. The number of aliphatic carboxylic acids is 1. The van der Waals surface area contributed by atoms with E-state index in [2.05, 4.69) is 12.2 Å². The first-order valence-electron chi connectivity index (χ1n) is 5.86. The fourth-order valence-corrected chi connectivity index (χ4v) is 2.38. The summed E-state index contributed by atoms with van der Waals surface area (Å²) in [5.74, 6) is -0.447. The summed E-state index contributed by atoms with van der Waals surface area (Å²) in [6.07, 6.45) is 0.857. The van der Waals surface area contributed by atoms with Gasteiger partial charge in [-0.3, -0.25) is 9.59 Å². The summed E-state index contributed by atoms with van der Waals surface area (Å²) < 4.78 is 0. The van der Waals surface area contributed by atoms with Gasteiger partial charge in [0.2, 0.25) is 5.91 Å². The molecular formula is C13H15NO3S. The quantitative estimate of drug-likeness (QED) is 0.634. The monoisotopic (exact) mass is 265 g/mol. The summed E-state index contributed by atoms with van der Waals surface area (Å²) in [6.45, 7) is 2.07. The van der Waals surface area contributed by atoms with E-state index in [9.17, 15) is 9.59 Å². The van der Waals surface area contributed by atoms with Gasteiger partial charge < -0.3 is 10.4 Å². The SMILES string of the molecule is CCSc1ccc(NC(=O)C2(C(=O)O)CC2)cc1. The van der Waals surface area contributed by atoms with Gasteiger partial charge in [-0.2, -0.15) is 0 Å². The van der Waals surface area contributed by atoms with Crippen LogP contribution in [0.4, 0.5) is 5.69 Å². The highest BCUT2D eigenvalue weighted by Gasteiger charge is 2.57. The summed E-state index contributed by atoms with van der Waals surface area (Å²) >= 11 is 1.72. The standard InChI is InChI=1S/C13H15NO3S/c1-2-18-10-5-3-9(4-6-10)14-11(15)13(7-8-13)12(16)17/h3-6H,2,7-8H2,1H3,(H,14,15)(H,16,17). The first-order chi connectivity index (χ1) is 8.58. The predicted octanol–water partition coefficient (Wildman–Crippen LogP) is 2.60. The Kier molecular flexibility index (Phi) is 3.61. The van der Waals surface area contributed by atoms with E-state index in [0.29, 0.717) is 18.5 Å². The Labute approximate surface area is 110 Å².